The maximum atomic E-state index is 11.3. The number of carbonyl (C=O) groups excluding carboxylic acids is 1. The molecule has 1 aliphatic rings. The second-order valence-electron chi connectivity index (χ2n) is 2.84. The number of Topliss-reactive ketones (excluding diaryl/α,β-unsaturated/α-hetero) is 1. The molecule has 0 aliphatic heterocycles. The Labute approximate surface area is 83.9 Å². The summed E-state index contributed by atoms with van der Waals surface area (Å²) in [4.78, 5) is 11.3. The Morgan fingerprint density at radius 1 is 1.33 bits per heavy atom. The van der Waals surface area contributed by atoms with Crippen LogP contribution in [0.4, 0.5) is 0 Å². The lowest BCUT2D eigenvalue weighted by Gasteiger charge is -2.00. The predicted octanol–water partition coefficient (Wildman–Crippen LogP) is 3.23. The number of halogens is 2. The molecule has 0 unspecified atom stereocenters. The van der Waals surface area contributed by atoms with Crippen LogP contribution in [0.1, 0.15) is 22.3 Å². The SMILES string of the molecule is O=C1CCc2cc(Cl)cc(Br)c21. The van der Waals surface area contributed by atoms with Gasteiger partial charge in [-0.15, -0.1) is 0 Å². The summed E-state index contributed by atoms with van der Waals surface area (Å²) in [5, 5.41) is 0.690. The van der Waals surface area contributed by atoms with Crippen molar-refractivity contribution >= 4 is 33.3 Å². The van der Waals surface area contributed by atoms with Gasteiger partial charge in [0, 0.05) is 21.5 Å². The summed E-state index contributed by atoms with van der Waals surface area (Å²) in [7, 11) is 0. The number of carbonyl (C=O) groups is 1. The molecule has 1 nitrogen and oxygen atoms in total. The minimum atomic E-state index is 0.216. The Kier molecular flexibility index (Phi) is 1.97. The van der Waals surface area contributed by atoms with Crippen molar-refractivity contribution in [3.63, 3.8) is 0 Å². The Balaban J connectivity index is 2.68. The predicted molar refractivity (Wildman–Crippen MR) is 51.8 cm³/mol. The van der Waals surface area contributed by atoms with Gasteiger partial charge in [-0.3, -0.25) is 4.79 Å². The molecule has 0 N–H and O–H groups in total. The molecule has 0 heterocycles. The second kappa shape index (κ2) is 2.86. The number of hydrogen-bond acceptors (Lipinski definition) is 1. The molecule has 0 fully saturated rings. The first kappa shape index (κ1) is 8.27. The van der Waals surface area contributed by atoms with Crippen LogP contribution in [0.3, 0.4) is 0 Å². The van der Waals surface area contributed by atoms with E-state index in [2.05, 4.69) is 15.9 Å². The summed E-state index contributed by atoms with van der Waals surface area (Å²) >= 11 is 9.17. The summed E-state index contributed by atoms with van der Waals surface area (Å²) in [6, 6.07) is 3.64. The van der Waals surface area contributed by atoms with Crippen LogP contribution in [0, 0.1) is 0 Å². The van der Waals surface area contributed by atoms with Gasteiger partial charge in [-0.2, -0.15) is 0 Å². The van der Waals surface area contributed by atoms with Crippen molar-refractivity contribution in [1.29, 1.82) is 0 Å². The Morgan fingerprint density at radius 2 is 2.08 bits per heavy atom. The maximum absolute atomic E-state index is 11.3. The topological polar surface area (TPSA) is 17.1 Å². The van der Waals surface area contributed by atoms with Crippen molar-refractivity contribution in [2.75, 3.05) is 0 Å². The highest BCUT2D eigenvalue weighted by molar-refractivity contribution is 9.10. The average molecular weight is 246 g/mol. The van der Waals surface area contributed by atoms with E-state index >= 15 is 0 Å². The van der Waals surface area contributed by atoms with Crippen LogP contribution in [-0.4, -0.2) is 5.78 Å². The summed E-state index contributed by atoms with van der Waals surface area (Å²) in [5.41, 5.74) is 1.89. The van der Waals surface area contributed by atoms with E-state index < -0.39 is 0 Å². The molecule has 1 aliphatic carbocycles. The minimum Gasteiger partial charge on any atom is -0.294 e. The zero-order valence-corrected chi connectivity index (χ0v) is 8.58. The van der Waals surface area contributed by atoms with E-state index in [1.807, 2.05) is 6.07 Å². The first-order valence-electron chi connectivity index (χ1n) is 3.69. The van der Waals surface area contributed by atoms with Crippen LogP contribution >= 0.6 is 27.5 Å². The molecule has 0 bridgehead atoms. The van der Waals surface area contributed by atoms with E-state index in [-0.39, 0.29) is 5.78 Å². The van der Waals surface area contributed by atoms with Crippen molar-refractivity contribution in [2.45, 2.75) is 12.8 Å². The lowest BCUT2D eigenvalue weighted by molar-refractivity contribution is 0.0994. The molecule has 0 atom stereocenters. The van der Waals surface area contributed by atoms with Crippen LogP contribution in [0.2, 0.25) is 5.02 Å². The van der Waals surface area contributed by atoms with Gasteiger partial charge in [0.05, 0.1) is 0 Å². The number of aryl methyl sites for hydroxylation is 1. The van der Waals surface area contributed by atoms with Gasteiger partial charge in [-0.25, -0.2) is 0 Å². The maximum Gasteiger partial charge on any atom is 0.164 e. The van der Waals surface area contributed by atoms with Crippen molar-refractivity contribution in [1.82, 2.24) is 0 Å². The summed E-state index contributed by atoms with van der Waals surface area (Å²) < 4.78 is 0.826. The number of rotatable bonds is 0. The molecule has 0 aromatic heterocycles. The lowest BCUT2D eigenvalue weighted by Crippen LogP contribution is -1.92. The van der Waals surface area contributed by atoms with Crippen LogP contribution in [0.5, 0.6) is 0 Å². The third-order valence-electron chi connectivity index (χ3n) is 2.04. The lowest BCUT2D eigenvalue weighted by atomic mass is 10.1. The Hall–Kier alpha value is -0.340. The molecule has 12 heavy (non-hydrogen) atoms. The molecule has 3 heteroatoms. The van der Waals surface area contributed by atoms with Gasteiger partial charge in [0.1, 0.15) is 0 Å². The van der Waals surface area contributed by atoms with Gasteiger partial charge in [0.2, 0.25) is 0 Å². The quantitative estimate of drug-likeness (QED) is 0.686. The van der Waals surface area contributed by atoms with Crippen molar-refractivity contribution in [2.24, 2.45) is 0 Å². The summed E-state index contributed by atoms with van der Waals surface area (Å²) in [6.45, 7) is 0. The van der Waals surface area contributed by atoms with Crippen molar-refractivity contribution < 1.29 is 4.79 Å². The van der Waals surface area contributed by atoms with Gasteiger partial charge in [-0.1, -0.05) is 11.6 Å². The van der Waals surface area contributed by atoms with E-state index in [0.29, 0.717) is 11.4 Å². The van der Waals surface area contributed by atoms with Crippen LogP contribution in [0.25, 0.3) is 0 Å². The van der Waals surface area contributed by atoms with E-state index in [1.165, 1.54) is 0 Å². The zero-order chi connectivity index (χ0) is 8.72. The largest absolute Gasteiger partial charge is 0.294 e. The monoisotopic (exact) mass is 244 g/mol. The smallest absolute Gasteiger partial charge is 0.164 e. The molecule has 0 saturated carbocycles. The van der Waals surface area contributed by atoms with Gasteiger partial charge in [0.15, 0.2) is 5.78 Å². The zero-order valence-electron chi connectivity index (χ0n) is 6.23. The van der Waals surface area contributed by atoms with Crippen molar-refractivity contribution in [3.05, 3.63) is 32.8 Å². The first-order chi connectivity index (χ1) is 5.68. The summed E-state index contributed by atoms with van der Waals surface area (Å²) in [5.74, 6) is 0.216. The molecule has 0 spiro atoms. The molecule has 1 aromatic carbocycles. The Morgan fingerprint density at radius 3 is 2.83 bits per heavy atom. The molecular formula is C9H6BrClO. The van der Waals surface area contributed by atoms with E-state index in [0.717, 1.165) is 22.0 Å². The van der Waals surface area contributed by atoms with Gasteiger partial charge in [0.25, 0.3) is 0 Å². The van der Waals surface area contributed by atoms with Gasteiger partial charge < -0.3 is 0 Å². The molecule has 62 valence electrons. The van der Waals surface area contributed by atoms with Crippen LogP contribution in [0.15, 0.2) is 16.6 Å². The average Bonchev–Trinajstić information content (AvgIpc) is 2.31. The van der Waals surface area contributed by atoms with Crippen LogP contribution < -0.4 is 0 Å². The molecule has 2 rings (SSSR count). The van der Waals surface area contributed by atoms with E-state index in [1.54, 1.807) is 6.07 Å². The number of fused-ring (bicyclic) bond motifs is 1. The van der Waals surface area contributed by atoms with Gasteiger partial charge >= 0.3 is 0 Å². The molecule has 1 aromatic rings. The van der Waals surface area contributed by atoms with Crippen LogP contribution in [-0.2, 0) is 6.42 Å². The highest BCUT2D eigenvalue weighted by Crippen LogP contribution is 2.31. The fourth-order valence-electron chi connectivity index (χ4n) is 1.51. The molecular weight excluding hydrogens is 239 g/mol. The van der Waals surface area contributed by atoms with E-state index in [4.69, 9.17) is 11.6 Å². The number of benzene rings is 1. The van der Waals surface area contributed by atoms with Crippen molar-refractivity contribution in [3.8, 4) is 0 Å². The first-order valence-corrected chi connectivity index (χ1v) is 4.86. The fourth-order valence-corrected chi connectivity index (χ4v) is 2.60. The van der Waals surface area contributed by atoms with E-state index in [9.17, 15) is 4.79 Å². The number of ketones is 1. The van der Waals surface area contributed by atoms with Gasteiger partial charge in [-0.05, 0) is 40.0 Å². The molecule has 0 radical (unpaired) electrons. The highest BCUT2D eigenvalue weighted by atomic mass is 79.9. The normalized spacial score (nSPS) is 15.0. The highest BCUT2D eigenvalue weighted by Gasteiger charge is 2.22. The second-order valence-corrected chi connectivity index (χ2v) is 4.14. The molecule has 0 amide bonds. The molecule has 0 saturated heterocycles. The minimum absolute atomic E-state index is 0.216. The summed E-state index contributed by atoms with van der Waals surface area (Å²) in [6.07, 6.45) is 1.45. The third kappa shape index (κ3) is 1.19. The Bertz CT molecular complexity index is 360. The number of hydrogen-bond donors (Lipinski definition) is 0. The standard InChI is InChI=1S/C9H6BrClO/c10-7-4-6(11)3-5-1-2-8(12)9(5)7/h3-4H,1-2H2. The fraction of sp³-hybridized carbons (Fsp3) is 0.222. The third-order valence-corrected chi connectivity index (χ3v) is 2.88.